The molecule has 2 heterocycles. The number of carbonyl (C=O) groups is 1. The molecule has 9 heteroatoms. The predicted molar refractivity (Wildman–Crippen MR) is 137 cm³/mol. The highest BCUT2D eigenvalue weighted by Crippen LogP contribution is 2.23. The summed E-state index contributed by atoms with van der Waals surface area (Å²) in [6.07, 6.45) is 6.09. The van der Waals surface area contributed by atoms with Gasteiger partial charge in [0.15, 0.2) is 0 Å². The first-order valence-electron chi connectivity index (χ1n) is 11.6. The van der Waals surface area contributed by atoms with E-state index in [1.54, 1.807) is 41.7 Å². The van der Waals surface area contributed by atoms with E-state index in [-0.39, 0.29) is 24.4 Å². The second-order valence-electron chi connectivity index (χ2n) is 8.29. The molecular weight excluding hydrogens is 446 g/mol. The standard InChI is InChI=1S/C25H33N7OS/c1-6-22(14-27-19(4)20-8-9-23-24(13-20)34-17-29-23)32(7-2)18(3)12-25(33)30(5)31-15-21(10-11-26)28-16-31/h8-9,12-13,15-17,19,22,27H,6-7,10,14H2,1-5H3/b18-12+. The summed E-state index contributed by atoms with van der Waals surface area (Å²) >= 11 is 1.66. The van der Waals surface area contributed by atoms with Crippen LogP contribution in [0.4, 0.5) is 0 Å². The fourth-order valence-corrected chi connectivity index (χ4v) is 4.73. The number of thiazole rings is 1. The minimum absolute atomic E-state index is 0.147. The Bertz CT molecular complexity index is 1180. The van der Waals surface area contributed by atoms with Crippen LogP contribution in [0.15, 0.2) is 48.0 Å². The minimum atomic E-state index is -0.147. The first kappa shape index (κ1) is 25.4. The summed E-state index contributed by atoms with van der Waals surface area (Å²) in [5.41, 5.74) is 5.72. The van der Waals surface area contributed by atoms with Crippen LogP contribution in [0.5, 0.6) is 0 Å². The highest BCUT2D eigenvalue weighted by atomic mass is 32.1. The highest BCUT2D eigenvalue weighted by Gasteiger charge is 2.19. The van der Waals surface area contributed by atoms with E-state index in [9.17, 15) is 4.79 Å². The number of hydrogen-bond donors (Lipinski definition) is 1. The molecule has 180 valence electrons. The predicted octanol–water partition coefficient (Wildman–Crippen LogP) is 4.01. The zero-order valence-corrected chi connectivity index (χ0v) is 21.3. The van der Waals surface area contributed by atoms with Gasteiger partial charge in [-0.3, -0.25) is 4.79 Å². The summed E-state index contributed by atoms with van der Waals surface area (Å²) in [4.78, 5) is 23.7. The number of rotatable bonds is 11. The van der Waals surface area contributed by atoms with Gasteiger partial charge in [-0.15, -0.1) is 11.3 Å². The fraction of sp³-hybridized carbons (Fsp3) is 0.440. The van der Waals surface area contributed by atoms with Crippen molar-refractivity contribution in [2.45, 2.75) is 52.6 Å². The molecule has 1 N–H and O–H groups in total. The smallest absolute Gasteiger partial charge is 0.266 e. The van der Waals surface area contributed by atoms with Crippen molar-refractivity contribution in [1.82, 2.24) is 24.9 Å². The summed E-state index contributed by atoms with van der Waals surface area (Å²) in [5, 5.41) is 14.0. The molecular formula is C25H33N7OS. The van der Waals surface area contributed by atoms with Crippen LogP contribution in [-0.4, -0.2) is 51.6 Å². The molecule has 0 saturated heterocycles. The summed E-state index contributed by atoms with van der Waals surface area (Å²) in [6, 6.07) is 8.95. The number of nitriles is 1. The molecule has 3 rings (SSSR count). The Labute approximate surface area is 205 Å². The number of fused-ring (bicyclic) bond motifs is 1. The van der Waals surface area contributed by atoms with Gasteiger partial charge in [0.1, 0.15) is 6.33 Å². The maximum atomic E-state index is 12.9. The molecule has 0 radical (unpaired) electrons. The van der Waals surface area contributed by atoms with Gasteiger partial charge in [-0.2, -0.15) is 5.26 Å². The lowest BCUT2D eigenvalue weighted by Crippen LogP contribution is -2.42. The number of likely N-dealkylation sites (N-methyl/N-ethyl adjacent to an activating group) is 2. The van der Waals surface area contributed by atoms with Crippen LogP contribution < -0.4 is 10.3 Å². The molecule has 1 aromatic carbocycles. The summed E-state index contributed by atoms with van der Waals surface area (Å²) in [7, 11) is 1.70. The molecule has 3 aromatic rings. The number of aromatic nitrogens is 3. The average molecular weight is 480 g/mol. The van der Waals surface area contributed by atoms with E-state index in [2.05, 4.69) is 65.2 Å². The molecule has 0 saturated carbocycles. The number of amides is 1. The van der Waals surface area contributed by atoms with Crippen molar-refractivity contribution in [2.24, 2.45) is 0 Å². The van der Waals surface area contributed by atoms with Crippen molar-refractivity contribution in [3.05, 3.63) is 59.3 Å². The van der Waals surface area contributed by atoms with Crippen LogP contribution in [-0.2, 0) is 11.2 Å². The average Bonchev–Trinajstić information content (AvgIpc) is 3.50. The van der Waals surface area contributed by atoms with Gasteiger partial charge in [-0.25, -0.2) is 19.7 Å². The monoisotopic (exact) mass is 479 g/mol. The Kier molecular flexibility index (Phi) is 8.79. The Balaban J connectivity index is 1.64. The lowest BCUT2D eigenvalue weighted by Gasteiger charge is -2.34. The van der Waals surface area contributed by atoms with Gasteiger partial charge in [0.05, 0.1) is 40.1 Å². The Hall–Kier alpha value is -3.22. The van der Waals surface area contributed by atoms with E-state index >= 15 is 0 Å². The fourth-order valence-electron chi connectivity index (χ4n) is 4.00. The summed E-state index contributed by atoms with van der Waals surface area (Å²) in [5.74, 6) is -0.147. The Morgan fingerprint density at radius 1 is 1.35 bits per heavy atom. The molecule has 2 atom stereocenters. The van der Waals surface area contributed by atoms with E-state index in [1.807, 2.05) is 12.4 Å². The van der Waals surface area contributed by atoms with Crippen molar-refractivity contribution in [3.8, 4) is 6.07 Å². The number of allylic oxidation sites excluding steroid dienone is 1. The molecule has 0 fully saturated rings. The summed E-state index contributed by atoms with van der Waals surface area (Å²) in [6.45, 7) is 10.1. The van der Waals surface area contributed by atoms with E-state index in [4.69, 9.17) is 5.26 Å². The van der Waals surface area contributed by atoms with Gasteiger partial charge in [0.25, 0.3) is 5.91 Å². The van der Waals surface area contributed by atoms with E-state index in [1.165, 1.54) is 15.3 Å². The molecule has 0 aliphatic carbocycles. The largest absolute Gasteiger partial charge is 0.371 e. The van der Waals surface area contributed by atoms with Crippen LogP contribution in [0.1, 0.15) is 51.4 Å². The molecule has 1 amide bonds. The van der Waals surface area contributed by atoms with E-state index in [0.29, 0.717) is 5.69 Å². The van der Waals surface area contributed by atoms with Crippen molar-refractivity contribution in [2.75, 3.05) is 25.1 Å². The Morgan fingerprint density at radius 3 is 2.85 bits per heavy atom. The number of hydrogen-bond acceptors (Lipinski definition) is 7. The number of imidazole rings is 1. The lowest BCUT2D eigenvalue weighted by molar-refractivity contribution is -0.115. The van der Waals surface area contributed by atoms with Crippen LogP contribution in [0.3, 0.4) is 0 Å². The lowest BCUT2D eigenvalue weighted by atomic mass is 10.1. The third-order valence-corrected chi connectivity index (χ3v) is 6.89. The molecule has 0 spiro atoms. The second kappa shape index (κ2) is 11.8. The zero-order valence-electron chi connectivity index (χ0n) is 20.5. The number of carbonyl (C=O) groups excluding carboxylic acids is 1. The van der Waals surface area contributed by atoms with Crippen molar-refractivity contribution < 1.29 is 4.79 Å². The van der Waals surface area contributed by atoms with Crippen LogP contribution in [0.25, 0.3) is 10.2 Å². The third-order valence-electron chi connectivity index (χ3n) is 6.10. The third kappa shape index (κ3) is 6.01. The number of nitrogens with one attached hydrogen (secondary N) is 1. The number of benzene rings is 1. The van der Waals surface area contributed by atoms with E-state index < -0.39 is 0 Å². The van der Waals surface area contributed by atoms with Gasteiger partial charge in [0, 0.05) is 44.0 Å². The quantitative estimate of drug-likeness (QED) is 0.418. The molecule has 8 nitrogen and oxygen atoms in total. The maximum absolute atomic E-state index is 12.9. The SMILES string of the molecule is CCC(CNC(C)c1ccc2ncsc2c1)N(CC)/C(C)=C/C(=O)N(C)n1cnc(CC#N)c1. The van der Waals surface area contributed by atoms with Gasteiger partial charge in [-0.05, 0) is 44.9 Å². The molecule has 34 heavy (non-hydrogen) atoms. The van der Waals surface area contributed by atoms with Crippen molar-refractivity contribution in [1.29, 1.82) is 5.26 Å². The van der Waals surface area contributed by atoms with Crippen LogP contribution >= 0.6 is 11.3 Å². The van der Waals surface area contributed by atoms with Crippen LogP contribution in [0.2, 0.25) is 0 Å². The topological polar surface area (TPSA) is 90.1 Å². The number of nitrogens with zero attached hydrogens (tertiary/aromatic N) is 6. The van der Waals surface area contributed by atoms with E-state index in [0.717, 1.165) is 30.7 Å². The zero-order chi connectivity index (χ0) is 24.7. The summed E-state index contributed by atoms with van der Waals surface area (Å²) < 4.78 is 2.81. The molecule has 2 aromatic heterocycles. The Morgan fingerprint density at radius 2 is 2.15 bits per heavy atom. The highest BCUT2D eigenvalue weighted by molar-refractivity contribution is 7.16. The maximum Gasteiger partial charge on any atom is 0.266 e. The normalized spacial score (nSPS) is 13.5. The minimum Gasteiger partial charge on any atom is -0.371 e. The van der Waals surface area contributed by atoms with Crippen molar-refractivity contribution in [3.63, 3.8) is 0 Å². The molecule has 2 unspecified atom stereocenters. The van der Waals surface area contributed by atoms with Gasteiger partial charge in [0.2, 0.25) is 0 Å². The molecule has 0 bridgehead atoms. The molecule has 0 aliphatic heterocycles. The second-order valence-corrected chi connectivity index (χ2v) is 9.17. The van der Waals surface area contributed by atoms with Gasteiger partial charge in [-0.1, -0.05) is 13.0 Å². The van der Waals surface area contributed by atoms with Gasteiger partial charge < -0.3 is 10.2 Å². The van der Waals surface area contributed by atoms with Gasteiger partial charge >= 0.3 is 0 Å². The van der Waals surface area contributed by atoms with Crippen molar-refractivity contribution >= 4 is 27.5 Å². The van der Waals surface area contributed by atoms with Crippen LogP contribution in [0, 0.1) is 11.3 Å². The molecule has 0 aliphatic rings. The first-order chi connectivity index (χ1) is 16.4. The first-order valence-corrected chi connectivity index (χ1v) is 12.4.